The molecule has 1 aromatic carbocycles. The summed E-state index contributed by atoms with van der Waals surface area (Å²) in [6.07, 6.45) is 2.35. The molecule has 0 fully saturated rings. The van der Waals surface area contributed by atoms with E-state index in [1.807, 2.05) is 43.3 Å². The third-order valence-electron chi connectivity index (χ3n) is 3.45. The lowest BCUT2D eigenvalue weighted by Crippen LogP contribution is -1.93. The maximum Gasteiger partial charge on any atom is 0.226 e. The lowest BCUT2D eigenvalue weighted by Gasteiger charge is -2.06. The number of hydrogen-bond acceptors (Lipinski definition) is 7. The topological polar surface area (TPSA) is 77.8 Å². The summed E-state index contributed by atoms with van der Waals surface area (Å²) in [5, 5.41) is 9.90. The number of nitrogens with zero attached hydrogens (tertiary/aromatic N) is 4. The molecule has 0 unspecified atom stereocenters. The molecule has 0 bridgehead atoms. The van der Waals surface area contributed by atoms with E-state index < -0.39 is 0 Å². The van der Waals surface area contributed by atoms with Crippen molar-refractivity contribution in [3.63, 3.8) is 0 Å². The van der Waals surface area contributed by atoms with E-state index in [4.69, 9.17) is 8.83 Å². The third kappa shape index (κ3) is 2.90. The molecule has 3 heterocycles. The molecule has 7 heteroatoms. The highest BCUT2D eigenvalue weighted by Crippen LogP contribution is 2.30. The Balaban J connectivity index is 1.70. The van der Waals surface area contributed by atoms with Crippen molar-refractivity contribution in [3.8, 4) is 11.6 Å². The number of para-hydroxylation sites is 1. The molecule has 6 nitrogen and oxygen atoms in total. The van der Waals surface area contributed by atoms with Crippen LogP contribution in [-0.4, -0.2) is 20.2 Å². The lowest BCUT2D eigenvalue weighted by molar-refractivity contribution is 0.470. The summed E-state index contributed by atoms with van der Waals surface area (Å²) < 4.78 is 11.0. The molecule has 0 aliphatic heterocycles. The predicted molar refractivity (Wildman–Crippen MR) is 90.5 cm³/mol. The van der Waals surface area contributed by atoms with Crippen LogP contribution >= 0.6 is 11.8 Å². The smallest absolute Gasteiger partial charge is 0.226 e. The Kier molecular flexibility index (Phi) is 4.00. The second-order valence-corrected chi connectivity index (χ2v) is 6.04. The summed E-state index contributed by atoms with van der Waals surface area (Å²) in [6, 6.07) is 11.6. The van der Waals surface area contributed by atoms with E-state index in [0.717, 1.165) is 22.3 Å². The predicted octanol–water partition coefficient (Wildman–Crippen LogP) is 4.13. The number of rotatable bonds is 5. The van der Waals surface area contributed by atoms with Gasteiger partial charge in [0.2, 0.25) is 11.8 Å². The van der Waals surface area contributed by atoms with E-state index in [1.165, 1.54) is 0 Å². The number of thioether (sulfide) groups is 1. The molecule has 4 rings (SSSR count). The Hall–Kier alpha value is -2.67. The first-order chi connectivity index (χ1) is 11.8. The Morgan fingerprint density at radius 2 is 1.88 bits per heavy atom. The number of furan rings is 1. The van der Waals surface area contributed by atoms with Gasteiger partial charge in [-0.3, -0.25) is 0 Å². The summed E-state index contributed by atoms with van der Waals surface area (Å²) >= 11 is 1.55. The van der Waals surface area contributed by atoms with Gasteiger partial charge in [0.1, 0.15) is 5.03 Å². The maximum absolute atomic E-state index is 5.56. The van der Waals surface area contributed by atoms with Crippen molar-refractivity contribution in [3.05, 3.63) is 54.4 Å². The SMILES string of the molecule is CCc1nnc(CSc2nc(-c3ccco3)nc3ccccc23)o1. The van der Waals surface area contributed by atoms with Gasteiger partial charge in [0.25, 0.3) is 0 Å². The Morgan fingerprint density at radius 1 is 1.00 bits per heavy atom. The molecule has 3 aromatic heterocycles. The van der Waals surface area contributed by atoms with Crippen LogP contribution in [0.15, 0.2) is 56.5 Å². The van der Waals surface area contributed by atoms with Gasteiger partial charge in [0, 0.05) is 11.8 Å². The molecule has 0 N–H and O–H groups in total. The second kappa shape index (κ2) is 6.45. The van der Waals surface area contributed by atoms with E-state index >= 15 is 0 Å². The van der Waals surface area contributed by atoms with Gasteiger partial charge in [-0.2, -0.15) is 0 Å². The fourth-order valence-electron chi connectivity index (χ4n) is 2.29. The van der Waals surface area contributed by atoms with E-state index in [1.54, 1.807) is 18.0 Å². The number of hydrogen-bond donors (Lipinski definition) is 0. The van der Waals surface area contributed by atoms with Crippen molar-refractivity contribution in [2.75, 3.05) is 0 Å². The van der Waals surface area contributed by atoms with Gasteiger partial charge < -0.3 is 8.83 Å². The first-order valence-electron chi connectivity index (χ1n) is 7.58. The van der Waals surface area contributed by atoms with Crippen molar-refractivity contribution >= 4 is 22.7 Å². The molecular formula is C17H14N4O2S. The van der Waals surface area contributed by atoms with Gasteiger partial charge in [-0.1, -0.05) is 36.9 Å². The van der Waals surface area contributed by atoms with Crippen LogP contribution in [0.3, 0.4) is 0 Å². The molecule has 120 valence electrons. The average Bonchev–Trinajstić information content (AvgIpc) is 3.31. The molecule has 0 aliphatic carbocycles. The molecule has 0 saturated heterocycles. The third-order valence-corrected chi connectivity index (χ3v) is 4.43. The number of aromatic nitrogens is 4. The van der Waals surface area contributed by atoms with Crippen LogP contribution in [0.5, 0.6) is 0 Å². The minimum absolute atomic E-state index is 0.561. The molecular weight excluding hydrogens is 324 g/mol. The molecule has 0 saturated carbocycles. The number of aryl methyl sites for hydroxylation is 1. The first-order valence-corrected chi connectivity index (χ1v) is 8.57. The van der Waals surface area contributed by atoms with Crippen molar-refractivity contribution in [1.82, 2.24) is 20.2 Å². The molecule has 24 heavy (non-hydrogen) atoms. The Morgan fingerprint density at radius 3 is 2.67 bits per heavy atom. The summed E-state index contributed by atoms with van der Waals surface area (Å²) in [7, 11) is 0. The highest BCUT2D eigenvalue weighted by Gasteiger charge is 2.13. The first kappa shape index (κ1) is 14.9. The monoisotopic (exact) mass is 338 g/mol. The Bertz CT molecular complexity index is 966. The van der Waals surface area contributed by atoms with Crippen LogP contribution in [0.25, 0.3) is 22.5 Å². The summed E-state index contributed by atoms with van der Waals surface area (Å²) in [4.78, 5) is 9.23. The van der Waals surface area contributed by atoms with E-state index in [0.29, 0.717) is 29.1 Å². The summed E-state index contributed by atoms with van der Waals surface area (Å²) in [5.74, 6) is 3.02. The van der Waals surface area contributed by atoms with Crippen LogP contribution in [0.4, 0.5) is 0 Å². The quantitative estimate of drug-likeness (QED) is 0.400. The van der Waals surface area contributed by atoms with Gasteiger partial charge >= 0.3 is 0 Å². The maximum atomic E-state index is 5.56. The molecule has 0 spiro atoms. The zero-order valence-electron chi connectivity index (χ0n) is 13.0. The molecule has 0 aliphatic rings. The van der Waals surface area contributed by atoms with E-state index in [2.05, 4.69) is 20.2 Å². The van der Waals surface area contributed by atoms with Gasteiger partial charge in [0.15, 0.2) is 11.6 Å². The molecule has 0 radical (unpaired) electrons. The van der Waals surface area contributed by atoms with E-state index in [-0.39, 0.29) is 0 Å². The zero-order valence-corrected chi connectivity index (χ0v) is 13.8. The minimum atomic E-state index is 0.561. The van der Waals surface area contributed by atoms with Crippen LogP contribution < -0.4 is 0 Å². The van der Waals surface area contributed by atoms with Crippen LogP contribution in [-0.2, 0) is 12.2 Å². The fourth-order valence-corrected chi connectivity index (χ4v) is 3.15. The van der Waals surface area contributed by atoms with Crippen molar-refractivity contribution in [2.24, 2.45) is 0 Å². The highest BCUT2D eigenvalue weighted by atomic mass is 32.2. The van der Waals surface area contributed by atoms with Crippen molar-refractivity contribution in [1.29, 1.82) is 0 Å². The molecule has 0 atom stereocenters. The summed E-state index contributed by atoms with van der Waals surface area (Å²) in [6.45, 7) is 1.98. The fraction of sp³-hybridized carbons (Fsp3) is 0.176. The normalized spacial score (nSPS) is 11.2. The van der Waals surface area contributed by atoms with Crippen LogP contribution in [0.2, 0.25) is 0 Å². The average molecular weight is 338 g/mol. The number of benzene rings is 1. The van der Waals surface area contributed by atoms with Gasteiger partial charge in [-0.25, -0.2) is 9.97 Å². The standard InChI is InChI=1S/C17H14N4O2S/c1-2-14-20-21-15(23-14)10-24-17-11-6-3-4-7-12(11)18-16(19-17)13-8-5-9-22-13/h3-9H,2,10H2,1H3. The Labute approximate surface area is 142 Å². The number of fused-ring (bicyclic) bond motifs is 1. The molecule has 4 aromatic rings. The highest BCUT2D eigenvalue weighted by molar-refractivity contribution is 7.98. The molecule has 0 amide bonds. The van der Waals surface area contributed by atoms with Gasteiger partial charge in [0.05, 0.1) is 17.5 Å². The minimum Gasteiger partial charge on any atom is -0.461 e. The largest absolute Gasteiger partial charge is 0.461 e. The van der Waals surface area contributed by atoms with Crippen LogP contribution in [0.1, 0.15) is 18.7 Å². The zero-order chi connectivity index (χ0) is 16.4. The van der Waals surface area contributed by atoms with Crippen LogP contribution in [0, 0.1) is 0 Å². The van der Waals surface area contributed by atoms with Gasteiger partial charge in [-0.15, -0.1) is 10.2 Å². The van der Waals surface area contributed by atoms with E-state index in [9.17, 15) is 0 Å². The van der Waals surface area contributed by atoms with Crippen molar-refractivity contribution in [2.45, 2.75) is 24.1 Å². The lowest BCUT2D eigenvalue weighted by atomic mass is 10.2. The summed E-state index contributed by atoms with van der Waals surface area (Å²) in [5.41, 5.74) is 0.876. The van der Waals surface area contributed by atoms with Gasteiger partial charge in [-0.05, 0) is 18.2 Å². The second-order valence-electron chi connectivity index (χ2n) is 5.08. The van der Waals surface area contributed by atoms with Crippen molar-refractivity contribution < 1.29 is 8.83 Å².